The SMILES string of the molecule is O=S1(=O)C=CC=C2C=CC=C21. The van der Waals surface area contributed by atoms with Gasteiger partial charge in [0.25, 0.3) is 0 Å². The minimum absolute atomic E-state index is 0.417. The number of hydrogen-bond acceptors (Lipinski definition) is 2. The second kappa shape index (κ2) is 1.95. The van der Waals surface area contributed by atoms with Crippen LogP contribution >= 0.6 is 0 Å². The van der Waals surface area contributed by atoms with Crippen LogP contribution in [0.15, 0.2) is 46.3 Å². The molecule has 56 valence electrons. The average molecular weight is 166 g/mol. The highest BCUT2D eigenvalue weighted by Gasteiger charge is 2.21. The van der Waals surface area contributed by atoms with Gasteiger partial charge in [-0.3, -0.25) is 0 Å². The van der Waals surface area contributed by atoms with E-state index in [1.54, 1.807) is 30.4 Å². The number of sulfone groups is 1. The van der Waals surface area contributed by atoms with Crippen LogP contribution in [0.25, 0.3) is 0 Å². The third-order valence-electron chi connectivity index (χ3n) is 1.65. The van der Waals surface area contributed by atoms with Gasteiger partial charge < -0.3 is 0 Å². The Balaban J connectivity index is 2.69. The summed E-state index contributed by atoms with van der Waals surface area (Å²) in [6, 6.07) is 0. The molecule has 0 saturated carbocycles. The van der Waals surface area contributed by atoms with Crippen molar-refractivity contribution in [2.75, 3.05) is 0 Å². The third-order valence-corrected chi connectivity index (χ3v) is 3.15. The van der Waals surface area contributed by atoms with Crippen molar-refractivity contribution in [2.45, 2.75) is 0 Å². The van der Waals surface area contributed by atoms with Gasteiger partial charge in [-0.05, 0) is 17.7 Å². The van der Waals surface area contributed by atoms with Crippen molar-refractivity contribution in [3.05, 3.63) is 46.3 Å². The number of rotatable bonds is 0. The van der Waals surface area contributed by atoms with Gasteiger partial charge in [0, 0.05) is 5.41 Å². The first-order valence-corrected chi connectivity index (χ1v) is 4.77. The van der Waals surface area contributed by atoms with Crippen LogP contribution in [-0.2, 0) is 9.84 Å². The second-order valence-electron chi connectivity index (χ2n) is 2.39. The lowest BCUT2D eigenvalue weighted by Gasteiger charge is -2.05. The molecule has 0 aromatic heterocycles. The fraction of sp³-hybridized carbons (Fsp3) is 0. The van der Waals surface area contributed by atoms with E-state index in [0.717, 1.165) is 5.57 Å². The lowest BCUT2D eigenvalue weighted by atomic mass is 10.3. The van der Waals surface area contributed by atoms with E-state index in [1.165, 1.54) is 5.41 Å². The molecule has 0 amide bonds. The van der Waals surface area contributed by atoms with Crippen LogP contribution in [0, 0.1) is 0 Å². The Labute approximate surface area is 65.1 Å². The van der Waals surface area contributed by atoms with Crippen molar-refractivity contribution in [2.24, 2.45) is 0 Å². The topological polar surface area (TPSA) is 34.1 Å². The molecule has 1 heterocycles. The molecule has 1 aliphatic carbocycles. The fourth-order valence-corrected chi connectivity index (χ4v) is 2.30. The summed E-state index contributed by atoms with van der Waals surface area (Å²) in [7, 11) is -3.11. The van der Waals surface area contributed by atoms with Gasteiger partial charge in [-0.25, -0.2) is 8.42 Å². The molecule has 2 nitrogen and oxygen atoms in total. The van der Waals surface area contributed by atoms with E-state index < -0.39 is 9.84 Å². The van der Waals surface area contributed by atoms with Gasteiger partial charge in [0.2, 0.25) is 0 Å². The van der Waals surface area contributed by atoms with Crippen molar-refractivity contribution < 1.29 is 8.42 Å². The molecule has 2 rings (SSSR count). The number of allylic oxidation sites excluding steroid dienone is 6. The Morgan fingerprint density at radius 1 is 1.09 bits per heavy atom. The fourth-order valence-electron chi connectivity index (χ4n) is 1.13. The van der Waals surface area contributed by atoms with Crippen LogP contribution < -0.4 is 0 Å². The summed E-state index contributed by atoms with van der Waals surface area (Å²) >= 11 is 0. The molecule has 2 aliphatic rings. The minimum atomic E-state index is -3.11. The first-order valence-electron chi connectivity index (χ1n) is 3.22. The highest BCUT2D eigenvalue weighted by Crippen LogP contribution is 2.27. The van der Waals surface area contributed by atoms with Gasteiger partial charge in [-0.15, -0.1) is 0 Å². The van der Waals surface area contributed by atoms with Gasteiger partial charge in [-0.2, -0.15) is 0 Å². The molecule has 0 fully saturated rings. The van der Waals surface area contributed by atoms with E-state index in [1.807, 2.05) is 0 Å². The Morgan fingerprint density at radius 2 is 1.91 bits per heavy atom. The zero-order chi connectivity index (χ0) is 7.90. The predicted octanol–water partition coefficient (Wildman–Crippen LogP) is 1.31. The molecule has 0 aromatic rings. The van der Waals surface area contributed by atoms with Gasteiger partial charge in [0.15, 0.2) is 9.84 Å². The molecule has 0 N–H and O–H groups in total. The van der Waals surface area contributed by atoms with Crippen LogP contribution in [0.3, 0.4) is 0 Å². The van der Waals surface area contributed by atoms with Crippen LogP contribution in [0.2, 0.25) is 0 Å². The van der Waals surface area contributed by atoms with Crippen LogP contribution in [0.5, 0.6) is 0 Å². The molecule has 0 saturated heterocycles. The average Bonchev–Trinajstić information content (AvgIpc) is 2.34. The molecule has 11 heavy (non-hydrogen) atoms. The Bertz CT molecular complexity index is 405. The summed E-state index contributed by atoms with van der Waals surface area (Å²) in [6.07, 6.45) is 8.49. The first-order chi connectivity index (χ1) is 5.20. The highest BCUT2D eigenvalue weighted by atomic mass is 32.2. The van der Waals surface area contributed by atoms with E-state index in [9.17, 15) is 8.42 Å². The van der Waals surface area contributed by atoms with Gasteiger partial charge in [0.05, 0.1) is 4.91 Å². The van der Waals surface area contributed by atoms with E-state index in [-0.39, 0.29) is 0 Å². The molecular formula is C8H6O2S. The van der Waals surface area contributed by atoms with Crippen molar-refractivity contribution >= 4 is 9.84 Å². The second-order valence-corrected chi connectivity index (χ2v) is 4.19. The maximum absolute atomic E-state index is 11.2. The Morgan fingerprint density at radius 3 is 2.64 bits per heavy atom. The number of fused-ring (bicyclic) bond motifs is 1. The normalized spacial score (nSPS) is 24.4. The van der Waals surface area contributed by atoms with E-state index in [2.05, 4.69) is 0 Å². The molecule has 1 aliphatic heterocycles. The summed E-state index contributed by atoms with van der Waals surface area (Å²) in [5, 5.41) is 1.22. The molecule has 0 atom stereocenters. The number of hydrogen-bond donors (Lipinski definition) is 0. The monoisotopic (exact) mass is 166 g/mol. The summed E-state index contributed by atoms with van der Waals surface area (Å²) < 4.78 is 22.5. The van der Waals surface area contributed by atoms with E-state index >= 15 is 0 Å². The van der Waals surface area contributed by atoms with Crippen LogP contribution in [-0.4, -0.2) is 8.42 Å². The summed E-state index contributed by atoms with van der Waals surface area (Å²) in [4.78, 5) is 0.417. The standard InChI is InChI=1S/C8H6O2S/c9-11(10)6-2-4-7-3-1-5-8(7)11/h1-6H. The highest BCUT2D eigenvalue weighted by molar-refractivity contribution is 7.98. The third kappa shape index (κ3) is 0.886. The van der Waals surface area contributed by atoms with Crippen LogP contribution in [0.1, 0.15) is 0 Å². The smallest absolute Gasteiger partial charge is 0.200 e. The molecule has 3 heteroatoms. The van der Waals surface area contributed by atoms with Gasteiger partial charge >= 0.3 is 0 Å². The maximum atomic E-state index is 11.2. The molecular weight excluding hydrogens is 160 g/mol. The molecule has 0 unspecified atom stereocenters. The molecule has 0 radical (unpaired) electrons. The maximum Gasteiger partial charge on any atom is 0.200 e. The van der Waals surface area contributed by atoms with Crippen molar-refractivity contribution in [3.8, 4) is 0 Å². The van der Waals surface area contributed by atoms with Gasteiger partial charge in [-0.1, -0.05) is 18.2 Å². The predicted molar refractivity (Wildman–Crippen MR) is 43.4 cm³/mol. The van der Waals surface area contributed by atoms with Crippen molar-refractivity contribution in [3.63, 3.8) is 0 Å². The first kappa shape index (κ1) is 6.61. The molecule has 0 spiro atoms. The summed E-state index contributed by atoms with van der Waals surface area (Å²) in [5.41, 5.74) is 0.785. The minimum Gasteiger partial charge on any atom is -0.219 e. The lowest BCUT2D eigenvalue weighted by Crippen LogP contribution is -2.02. The van der Waals surface area contributed by atoms with E-state index in [0.29, 0.717) is 4.91 Å². The van der Waals surface area contributed by atoms with Crippen molar-refractivity contribution in [1.82, 2.24) is 0 Å². The summed E-state index contributed by atoms with van der Waals surface area (Å²) in [6.45, 7) is 0. The Kier molecular flexibility index (Phi) is 1.17. The quantitative estimate of drug-likeness (QED) is 0.543. The molecule has 0 bridgehead atoms. The zero-order valence-electron chi connectivity index (χ0n) is 5.69. The van der Waals surface area contributed by atoms with Crippen molar-refractivity contribution in [1.29, 1.82) is 0 Å². The Hall–Kier alpha value is -1.09. The molecule has 0 aromatic carbocycles. The summed E-state index contributed by atoms with van der Waals surface area (Å²) in [5.74, 6) is 0. The van der Waals surface area contributed by atoms with Gasteiger partial charge in [0.1, 0.15) is 0 Å². The zero-order valence-corrected chi connectivity index (χ0v) is 6.51. The largest absolute Gasteiger partial charge is 0.219 e. The van der Waals surface area contributed by atoms with Crippen LogP contribution in [0.4, 0.5) is 0 Å². The van der Waals surface area contributed by atoms with E-state index in [4.69, 9.17) is 0 Å². The lowest BCUT2D eigenvalue weighted by molar-refractivity contribution is 0.610.